The van der Waals surface area contributed by atoms with Crippen LogP contribution in [-0.4, -0.2) is 13.0 Å². The minimum atomic E-state index is -0.336. The Morgan fingerprint density at radius 2 is 2.00 bits per heavy atom. The van der Waals surface area contributed by atoms with E-state index in [1.807, 2.05) is 36.4 Å². The standard InChI is InChI=1S/C16H12BrCl2NO/c1-20-14-5-2-9(6-10(14)7-15(20)21)16(19)12-4-3-11(17)8-13(12)18/h2-6,8,16H,7H2,1H3. The summed E-state index contributed by atoms with van der Waals surface area (Å²) in [7, 11) is 1.79. The van der Waals surface area contributed by atoms with Gasteiger partial charge in [-0.15, -0.1) is 11.6 Å². The van der Waals surface area contributed by atoms with Crippen LogP contribution in [0.4, 0.5) is 5.69 Å². The van der Waals surface area contributed by atoms with Gasteiger partial charge in [0.05, 0.1) is 11.8 Å². The van der Waals surface area contributed by atoms with Gasteiger partial charge in [-0.25, -0.2) is 0 Å². The number of likely N-dealkylation sites (N-methyl/N-ethyl adjacent to an activating group) is 1. The summed E-state index contributed by atoms with van der Waals surface area (Å²) in [4.78, 5) is 13.4. The number of rotatable bonds is 2. The first-order chi connectivity index (χ1) is 9.97. The zero-order valence-electron chi connectivity index (χ0n) is 11.2. The van der Waals surface area contributed by atoms with E-state index >= 15 is 0 Å². The van der Waals surface area contributed by atoms with Gasteiger partial charge in [0.25, 0.3) is 0 Å². The number of halogens is 3. The molecule has 1 unspecified atom stereocenters. The van der Waals surface area contributed by atoms with E-state index in [4.69, 9.17) is 23.2 Å². The van der Waals surface area contributed by atoms with Gasteiger partial charge in [0.2, 0.25) is 5.91 Å². The van der Waals surface area contributed by atoms with E-state index in [0.29, 0.717) is 11.4 Å². The molecule has 1 atom stereocenters. The van der Waals surface area contributed by atoms with E-state index in [0.717, 1.165) is 26.9 Å². The Bertz CT molecular complexity index is 732. The predicted octanol–water partition coefficient (Wildman–Crippen LogP) is 4.95. The summed E-state index contributed by atoms with van der Waals surface area (Å²) in [5.74, 6) is 0.106. The van der Waals surface area contributed by atoms with Crippen LogP contribution in [0.25, 0.3) is 0 Å². The largest absolute Gasteiger partial charge is 0.315 e. The molecule has 21 heavy (non-hydrogen) atoms. The van der Waals surface area contributed by atoms with Crippen LogP contribution >= 0.6 is 39.1 Å². The first-order valence-corrected chi connectivity index (χ1v) is 8.06. The second-order valence-electron chi connectivity index (χ2n) is 5.05. The maximum atomic E-state index is 11.7. The van der Waals surface area contributed by atoms with Gasteiger partial charge < -0.3 is 4.90 Å². The van der Waals surface area contributed by atoms with E-state index in [1.165, 1.54) is 0 Å². The molecule has 2 aromatic rings. The number of nitrogens with zero attached hydrogens (tertiary/aromatic N) is 1. The van der Waals surface area contributed by atoms with Gasteiger partial charge >= 0.3 is 0 Å². The highest BCUT2D eigenvalue weighted by molar-refractivity contribution is 9.10. The number of benzene rings is 2. The number of amides is 1. The molecule has 1 aliphatic rings. The van der Waals surface area contributed by atoms with E-state index in [1.54, 1.807) is 11.9 Å². The van der Waals surface area contributed by atoms with Crippen molar-refractivity contribution < 1.29 is 4.79 Å². The summed E-state index contributed by atoms with van der Waals surface area (Å²) in [6.07, 6.45) is 0.428. The van der Waals surface area contributed by atoms with E-state index < -0.39 is 0 Å². The number of alkyl halides is 1. The smallest absolute Gasteiger partial charge is 0.231 e. The van der Waals surface area contributed by atoms with Gasteiger partial charge in [0.15, 0.2) is 0 Å². The van der Waals surface area contributed by atoms with Crippen molar-refractivity contribution in [1.29, 1.82) is 0 Å². The fourth-order valence-corrected chi connectivity index (χ4v) is 3.70. The highest BCUT2D eigenvalue weighted by Crippen LogP contribution is 2.38. The monoisotopic (exact) mass is 383 g/mol. The predicted molar refractivity (Wildman–Crippen MR) is 90.4 cm³/mol. The number of anilines is 1. The molecule has 1 amide bonds. The third kappa shape index (κ3) is 2.70. The van der Waals surface area contributed by atoms with Crippen molar-refractivity contribution in [3.8, 4) is 0 Å². The van der Waals surface area contributed by atoms with E-state index in [9.17, 15) is 4.79 Å². The van der Waals surface area contributed by atoms with Crippen molar-refractivity contribution in [3.63, 3.8) is 0 Å². The zero-order valence-corrected chi connectivity index (χ0v) is 14.3. The van der Waals surface area contributed by atoms with Crippen LogP contribution in [0.15, 0.2) is 40.9 Å². The molecule has 0 spiro atoms. The summed E-state index contributed by atoms with van der Waals surface area (Å²) < 4.78 is 0.918. The Hall–Kier alpha value is -1.03. The molecular weight excluding hydrogens is 373 g/mol. The van der Waals surface area contributed by atoms with Crippen LogP contribution in [-0.2, 0) is 11.2 Å². The van der Waals surface area contributed by atoms with E-state index in [-0.39, 0.29) is 11.3 Å². The second-order valence-corrected chi connectivity index (χ2v) is 6.81. The molecule has 0 radical (unpaired) electrons. The van der Waals surface area contributed by atoms with Crippen LogP contribution in [0.1, 0.15) is 22.1 Å². The molecule has 0 bridgehead atoms. The number of carbonyl (C=O) groups is 1. The summed E-state index contributed by atoms with van der Waals surface area (Å²) >= 11 is 16.2. The lowest BCUT2D eigenvalue weighted by atomic mass is 10.0. The van der Waals surface area contributed by atoms with E-state index in [2.05, 4.69) is 15.9 Å². The normalized spacial score (nSPS) is 15.2. The first kappa shape index (κ1) is 14.9. The van der Waals surface area contributed by atoms with Crippen molar-refractivity contribution in [3.05, 3.63) is 62.6 Å². The SMILES string of the molecule is CN1C(=O)Cc2cc(C(Cl)c3ccc(Br)cc3Cl)ccc21. The first-order valence-electron chi connectivity index (χ1n) is 6.46. The number of fused-ring (bicyclic) bond motifs is 1. The summed E-state index contributed by atoms with van der Waals surface area (Å²) in [5.41, 5.74) is 3.77. The highest BCUT2D eigenvalue weighted by Gasteiger charge is 2.25. The van der Waals surface area contributed by atoms with Crippen molar-refractivity contribution in [2.24, 2.45) is 0 Å². The van der Waals surface area contributed by atoms with Crippen LogP contribution < -0.4 is 4.90 Å². The number of hydrogen-bond acceptors (Lipinski definition) is 1. The minimum Gasteiger partial charge on any atom is -0.315 e. The van der Waals surface area contributed by atoms with Gasteiger partial charge in [-0.2, -0.15) is 0 Å². The van der Waals surface area contributed by atoms with Crippen LogP contribution in [0, 0.1) is 0 Å². The molecule has 2 aromatic carbocycles. The van der Waals surface area contributed by atoms with Gasteiger partial charge in [-0.3, -0.25) is 4.79 Å². The fourth-order valence-electron chi connectivity index (χ4n) is 2.53. The van der Waals surface area contributed by atoms with Crippen LogP contribution in [0.5, 0.6) is 0 Å². The van der Waals surface area contributed by atoms with Crippen molar-refractivity contribution in [1.82, 2.24) is 0 Å². The zero-order chi connectivity index (χ0) is 15.1. The third-order valence-corrected chi connectivity index (χ3v) is 5.02. The lowest BCUT2D eigenvalue weighted by Gasteiger charge is -2.15. The Kier molecular flexibility index (Phi) is 4.00. The Morgan fingerprint density at radius 3 is 2.71 bits per heavy atom. The molecule has 0 saturated carbocycles. The Labute approximate surface area is 141 Å². The second kappa shape index (κ2) is 5.64. The number of carbonyl (C=O) groups excluding carboxylic acids is 1. The topological polar surface area (TPSA) is 20.3 Å². The molecular formula is C16H12BrCl2NO. The van der Waals surface area contributed by atoms with Crippen molar-refractivity contribution >= 4 is 50.7 Å². The number of hydrogen-bond donors (Lipinski definition) is 0. The lowest BCUT2D eigenvalue weighted by Crippen LogP contribution is -2.20. The van der Waals surface area contributed by atoms with Gasteiger partial charge in [0, 0.05) is 22.2 Å². The summed E-state index contributed by atoms with van der Waals surface area (Å²) in [5, 5.41) is 0.287. The maximum Gasteiger partial charge on any atom is 0.231 e. The average molecular weight is 385 g/mol. The van der Waals surface area contributed by atoms with Gasteiger partial charge in [0.1, 0.15) is 0 Å². The highest BCUT2D eigenvalue weighted by atomic mass is 79.9. The Morgan fingerprint density at radius 1 is 1.24 bits per heavy atom. The molecule has 0 fully saturated rings. The molecule has 2 nitrogen and oxygen atoms in total. The van der Waals surface area contributed by atoms with Crippen molar-refractivity contribution in [2.45, 2.75) is 11.8 Å². The molecule has 108 valence electrons. The minimum absolute atomic E-state index is 0.106. The fraction of sp³-hybridized carbons (Fsp3) is 0.188. The molecule has 0 aliphatic carbocycles. The summed E-state index contributed by atoms with van der Waals surface area (Å²) in [6.45, 7) is 0. The molecule has 3 rings (SSSR count). The molecule has 0 aromatic heterocycles. The maximum absolute atomic E-state index is 11.7. The summed E-state index contributed by atoms with van der Waals surface area (Å²) in [6, 6.07) is 11.5. The molecule has 1 aliphatic heterocycles. The molecule has 5 heteroatoms. The quantitative estimate of drug-likeness (QED) is 0.670. The van der Waals surface area contributed by atoms with Gasteiger partial charge in [-0.05, 0) is 34.9 Å². The van der Waals surface area contributed by atoms with Crippen molar-refractivity contribution in [2.75, 3.05) is 11.9 Å². The lowest BCUT2D eigenvalue weighted by molar-refractivity contribution is -0.117. The van der Waals surface area contributed by atoms with Crippen LogP contribution in [0.3, 0.4) is 0 Å². The Balaban J connectivity index is 1.98. The van der Waals surface area contributed by atoms with Gasteiger partial charge in [-0.1, -0.05) is 45.7 Å². The average Bonchev–Trinajstić information content (AvgIpc) is 2.73. The molecule has 1 heterocycles. The third-order valence-electron chi connectivity index (χ3n) is 3.71. The molecule has 0 saturated heterocycles. The van der Waals surface area contributed by atoms with Crippen LogP contribution in [0.2, 0.25) is 5.02 Å². The molecule has 0 N–H and O–H groups in total.